The molecule has 29 heavy (non-hydrogen) atoms. The van der Waals surface area contributed by atoms with Gasteiger partial charge in [0.15, 0.2) is 0 Å². The van der Waals surface area contributed by atoms with Crippen LogP contribution in [0.25, 0.3) is 11.5 Å². The molecule has 0 aromatic carbocycles. The van der Waals surface area contributed by atoms with E-state index in [0.29, 0.717) is 50.3 Å². The molecular weight excluding hydrogens is 387 g/mol. The lowest BCUT2D eigenvalue weighted by Crippen LogP contribution is -2.46. The highest BCUT2D eigenvalue weighted by Crippen LogP contribution is 2.29. The lowest BCUT2D eigenvalue weighted by molar-refractivity contribution is -0.137. The lowest BCUT2D eigenvalue weighted by Gasteiger charge is -2.34. The molecule has 0 bridgehead atoms. The van der Waals surface area contributed by atoms with Gasteiger partial charge in [-0.3, -0.25) is 4.90 Å². The molecule has 0 spiro atoms. The third-order valence-electron chi connectivity index (χ3n) is 4.87. The van der Waals surface area contributed by atoms with Gasteiger partial charge < -0.3 is 13.7 Å². The minimum absolute atomic E-state index is 0.432. The van der Waals surface area contributed by atoms with Crippen molar-refractivity contribution >= 4 is 5.82 Å². The molecule has 3 aromatic rings. The fraction of sp³-hybridized carbons (Fsp3) is 0.421. The van der Waals surface area contributed by atoms with E-state index in [9.17, 15) is 13.2 Å². The number of anilines is 1. The van der Waals surface area contributed by atoms with Crippen LogP contribution < -0.4 is 4.90 Å². The quantitative estimate of drug-likeness (QED) is 0.653. The summed E-state index contributed by atoms with van der Waals surface area (Å²) < 4.78 is 49.3. The minimum atomic E-state index is -4.37. The molecule has 1 saturated heterocycles. The second kappa shape index (κ2) is 7.51. The number of hydrogen-bond donors (Lipinski definition) is 0. The van der Waals surface area contributed by atoms with Crippen LogP contribution in [0, 0.1) is 13.8 Å². The topological polar surface area (TPSA) is 71.4 Å². The molecule has 4 rings (SSSR count). The molecule has 10 heteroatoms. The van der Waals surface area contributed by atoms with Crippen molar-refractivity contribution in [3.05, 3.63) is 47.4 Å². The molecule has 0 amide bonds. The number of alkyl halides is 3. The fourth-order valence-electron chi connectivity index (χ4n) is 3.34. The fourth-order valence-corrected chi connectivity index (χ4v) is 3.34. The summed E-state index contributed by atoms with van der Waals surface area (Å²) in [6.45, 7) is 6.95. The summed E-state index contributed by atoms with van der Waals surface area (Å²) in [5, 5.41) is 8.22. The van der Waals surface area contributed by atoms with Gasteiger partial charge in [0.1, 0.15) is 17.3 Å². The Morgan fingerprint density at radius 2 is 1.79 bits per heavy atom. The third-order valence-corrected chi connectivity index (χ3v) is 4.87. The molecule has 154 valence electrons. The highest BCUT2D eigenvalue weighted by atomic mass is 19.4. The van der Waals surface area contributed by atoms with Crippen molar-refractivity contribution in [3.8, 4) is 11.5 Å². The largest absolute Gasteiger partial charge is 0.466 e. The van der Waals surface area contributed by atoms with Gasteiger partial charge in [0.2, 0.25) is 5.89 Å². The Balaban J connectivity index is 1.34. The van der Waals surface area contributed by atoms with Crippen LogP contribution >= 0.6 is 0 Å². The highest BCUT2D eigenvalue weighted by molar-refractivity contribution is 5.55. The Bertz CT molecular complexity index is 973. The van der Waals surface area contributed by atoms with E-state index >= 15 is 0 Å². The first-order chi connectivity index (χ1) is 13.8. The molecule has 0 radical (unpaired) electrons. The Morgan fingerprint density at radius 3 is 2.38 bits per heavy atom. The second-order valence-electron chi connectivity index (χ2n) is 6.99. The third kappa shape index (κ3) is 4.26. The molecule has 1 aliphatic rings. The summed E-state index contributed by atoms with van der Waals surface area (Å²) in [7, 11) is 0. The molecule has 7 nitrogen and oxygen atoms in total. The van der Waals surface area contributed by atoms with Crippen molar-refractivity contribution < 1.29 is 22.0 Å². The van der Waals surface area contributed by atoms with E-state index in [2.05, 4.69) is 20.1 Å². The summed E-state index contributed by atoms with van der Waals surface area (Å²) in [4.78, 5) is 8.09. The van der Waals surface area contributed by atoms with E-state index < -0.39 is 11.7 Å². The van der Waals surface area contributed by atoms with E-state index in [4.69, 9.17) is 8.83 Å². The van der Waals surface area contributed by atoms with Gasteiger partial charge in [-0.2, -0.15) is 13.2 Å². The summed E-state index contributed by atoms with van der Waals surface area (Å²) in [5.74, 6) is 3.01. The molecule has 0 atom stereocenters. The minimum Gasteiger partial charge on any atom is -0.466 e. The molecule has 0 aliphatic carbocycles. The number of piperazine rings is 1. The van der Waals surface area contributed by atoms with Crippen molar-refractivity contribution in [3.63, 3.8) is 0 Å². The van der Waals surface area contributed by atoms with E-state index in [1.165, 1.54) is 6.07 Å². The molecule has 3 aromatic heterocycles. The van der Waals surface area contributed by atoms with Crippen molar-refractivity contribution in [2.24, 2.45) is 0 Å². The standard InChI is InChI=1S/C19H20F3N5O2/c1-12-9-15(13(2)28-12)18-25-24-17(29-18)11-26-5-7-27(8-6-26)16-4-3-14(10-23-16)19(20,21)22/h3-4,9-10H,5-8,11H2,1-2H3. The summed E-state index contributed by atoms with van der Waals surface area (Å²) >= 11 is 0. The Morgan fingerprint density at radius 1 is 1.03 bits per heavy atom. The maximum atomic E-state index is 12.7. The van der Waals surface area contributed by atoms with Crippen molar-refractivity contribution in [2.75, 3.05) is 31.1 Å². The summed E-state index contributed by atoms with van der Waals surface area (Å²) in [6, 6.07) is 4.34. The Hall–Kier alpha value is -2.88. The van der Waals surface area contributed by atoms with Crippen LogP contribution in [-0.4, -0.2) is 46.3 Å². The lowest BCUT2D eigenvalue weighted by atomic mass is 10.2. The number of pyridine rings is 1. The zero-order chi connectivity index (χ0) is 20.6. The second-order valence-corrected chi connectivity index (χ2v) is 6.99. The SMILES string of the molecule is Cc1cc(-c2nnc(CN3CCN(c4ccc(C(F)(F)F)cn4)CC3)o2)c(C)o1. The summed E-state index contributed by atoms with van der Waals surface area (Å²) in [6.07, 6.45) is -3.50. The zero-order valence-corrected chi connectivity index (χ0v) is 16.0. The van der Waals surface area contributed by atoms with E-state index in [0.717, 1.165) is 29.3 Å². The van der Waals surface area contributed by atoms with Crippen LogP contribution in [0.3, 0.4) is 0 Å². The first kappa shape index (κ1) is 19.4. The monoisotopic (exact) mass is 407 g/mol. The van der Waals surface area contributed by atoms with Gasteiger partial charge in [-0.1, -0.05) is 0 Å². The van der Waals surface area contributed by atoms with Crippen LogP contribution in [0.2, 0.25) is 0 Å². The van der Waals surface area contributed by atoms with Crippen LogP contribution in [-0.2, 0) is 12.7 Å². The van der Waals surface area contributed by atoms with Crippen LogP contribution in [0.5, 0.6) is 0 Å². The Kier molecular flexibility index (Phi) is 5.03. The maximum Gasteiger partial charge on any atom is 0.417 e. The van der Waals surface area contributed by atoms with Crippen molar-refractivity contribution in [1.29, 1.82) is 0 Å². The average Bonchev–Trinajstić information content (AvgIpc) is 3.27. The number of aromatic nitrogens is 3. The predicted octanol–water partition coefficient (Wildman–Crippen LogP) is 3.68. The van der Waals surface area contributed by atoms with Crippen LogP contribution in [0.4, 0.5) is 19.0 Å². The number of rotatable bonds is 4. The molecule has 4 heterocycles. The number of nitrogens with zero attached hydrogens (tertiary/aromatic N) is 5. The molecular formula is C19H20F3N5O2. The number of furan rings is 1. The predicted molar refractivity (Wildman–Crippen MR) is 98.2 cm³/mol. The number of aryl methyl sites for hydroxylation is 2. The molecule has 1 fully saturated rings. The van der Waals surface area contributed by atoms with Gasteiger partial charge >= 0.3 is 6.18 Å². The highest BCUT2D eigenvalue weighted by Gasteiger charge is 2.31. The maximum absolute atomic E-state index is 12.7. The zero-order valence-electron chi connectivity index (χ0n) is 16.0. The smallest absolute Gasteiger partial charge is 0.417 e. The van der Waals surface area contributed by atoms with Crippen LogP contribution in [0.1, 0.15) is 23.0 Å². The first-order valence-corrected chi connectivity index (χ1v) is 9.20. The van der Waals surface area contributed by atoms with Gasteiger partial charge in [0.25, 0.3) is 5.89 Å². The molecule has 0 saturated carbocycles. The first-order valence-electron chi connectivity index (χ1n) is 9.20. The molecule has 1 aliphatic heterocycles. The molecule has 0 N–H and O–H groups in total. The van der Waals surface area contributed by atoms with Gasteiger partial charge in [0, 0.05) is 32.4 Å². The normalized spacial score (nSPS) is 15.8. The Labute approximate surface area is 165 Å². The van der Waals surface area contributed by atoms with E-state index in [-0.39, 0.29) is 0 Å². The van der Waals surface area contributed by atoms with E-state index in [1.54, 1.807) is 0 Å². The number of hydrogen-bond acceptors (Lipinski definition) is 7. The number of halogens is 3. The molecule has 0 unspecified atom stereocenters. The van der Waals surface area contributed by atoms with Gasteiger partial charge in [-0.05, 0) is 32.0 Å². The van der Waals surface area contributed by atoms with Gasteiger partial charge in [0.05, 0.1) is 17.7 Å². The average molecular weight is 407 g/mol. The van der Waals surface area contributed by atoms with Crippen LogP contribution in [0.15, 0.2) is 33.2 Å². The van der Waals surface area contributed by atoms with Gasteiger partial charge in [-0.15, -0.1) is 10.2 Å². The van der Waals surface area contributed by atoms with E-state index in [1.807, 2.05) is 24.8 Å². The van der Waals surface area contributed by atoms with Gasteiger partial charge in [-0.25, -0.2) is 4.98 Å². The van der Waals surface area contributed by atoms with Crippen molar-refractivity contribution in [2.45, 2.75) is 26.6 Å². The summed E-state index contributed by atoms with van der Waals surface area (Å²) in [5.41, 5.74) is 0.0505. The van der Waals surface area contributed by atoms with Crippen molar-refractivity contribution in [1.82, 2.24) is 20.1 Å².